The molecule has 1 saturated heterocycles. The summed E-state index contributed by atoms with van der Waals surface area (Å²) in [6, 6.07) is 3.36. The van der Waals surface area contributed by atoms with Crippen molar-refractivity contribution in [1.82, 2.24) is 0 Å². The van der Waals surface area contributed by atoms with Crippen LogP contribution < -0.4 is 16.0 Å². The summed E-state index contributed by atoms with van der Waals surface area (Å²) in [6.45, 7) is 2.64. The Kier molecular flexibility index (Phi) is 3.89. The monoisotopic (exact) mass is 301 g/mol. The summed E-state index contributed by atoms with van der Waals surface area (Å²) in [5.41, 5.74) is 7.55. The van der Waals surface area contributed by atoms with Gasteiger partial charge < -0.3 is 16.0 Å². The first-order valence-electron chi connectivity index (χ1n) is 5.77. The number of halogens is 2. The Labute approximate surface area is 109 Å². The largest absolute Gasteiger partial charge is 0.386 e. The van der Waals surface area contributed by atoms with Gasteiger partial charge in [0, 0.05) is 26.2 Å². The van der Waals surface area contributed by atoms with Gasteiger partial charge in [-0.15, -0.1) is 0 Å². The second-order valence-electron chi connectivity index (χ2n) is 4.37. The van der Waals surface area contributed by atoms with Gasteiger partial charge in [-0.25, -0.2) is 4.39 Å². The zero-order chi connectivity index (χ0) is 12.4. The van der Waals surface area contributed by atoms with Crippen molar-refractivity contribution in [3.8, 4) is 0 Å². The van der Waals surface area contributed by atoms with Gasteiger partial charge >= 0.3 is 0 Å². The van der Waals surface area contributed by atoms with Gasteiger partial charge in [0.15, 0.2) is 0 Å². The molecule has 1 aliphatic heterocycles. The molecule has 1 aliphatic rings. The lowest BCUT2D eigenvalue weighted by Gasteiger charge is -2.22. The number of nitrogens with zero attached hydrogens (tertiary/aromatic N) is 1. The molecule has 94 valence electrons. The highest BCUT2D eigenvalue weighted by atomic mass is 79.9. The Morgan fingerprint density at radius 3 is 2.94 bits per heavy atom. The second kappa shape index (κ2) is 5.23. The third-order valence-corrected chi connectivity index (χ3v) is 3.88. The lowest BCUT2D eigenvalue weighted by atomic mass is 10.1. The van der Waals surface area contributed by atoms with E-state index in [9.17, 15) is 4.39 Å². The van der Waals surface area contributed by atoms with E-state index in [2.05, 4.69) is 26.1 Å². The number of nitrogens with one attached hydrogen (secondary N) is 1. The van der Waals surface area contributed by atoms with Gasteiger partial charge in [-0.05, 0) is 40.9 Å². The first-order chi connectivity index (χ1) is 8.15. The summed E-state index contributed by atoms with van der Waals surface area (Å²) < 4.78 is 14.0. The van der Waals surface area contributed by atoms with Crippen molar-refractivity contribution in [3.05, 3.63) is 22.4 Å². The molecular weight excluding hydrogens is 285 g/mol. The van der Waals surface area contributed by atoms with Crippen LogP contribution in [0, 0.1) is 11.7 Å². The smallest absolute Gasteiger partial charge is 0.139 e. The van der Waals surface area contributed by atoms with Crippen LogP contribution in [-0.4, -0.2) is 26.7 Å². The Hall–Kier alpha value is -0.810. The summed E-state index contributed by atoms with van der Waals surface area (Å²) in [5.74, 6) is 0.302. The molecule has 1 atom stereocenters. The van der Waals surface area contributed by atoms with Crippen LogP contribution in [0.15, 0.2) is 16.6 Å². The first kappa shape index (κ1) is 12.6. The molecule has 1 fully saturated rings. The van der Waals surface area contributed by atoms with Gasteiger partial charge in [0.2, 0.25) is 0 Å². The predicted molar refractivity (Wildman–Crippen MR) is 73.0 cm³/mol. The van der Waals surface area contributed by atoms with Crippen molar-refractivity contribution in [1.29, 1.82) is 0 Å². The molecular formula is C12H17BrFN3. The summed E-state index contributed by atoms with van der Waals surface area (Å²) >= 11 is 3.23. The molecule has 0 amide bonds. The molecule has 0 aromatic heterocycles. The van der Waals surface area contributed by atoms with Crippen LogP contribution in [-0.2, 0) is 0 Å². The first-order valence-corrected chi connectivity index (χ1v) is 6.56. The maximum atomic E-state index is 13.5. The van der Waals surface area contributed by atoms with E-state index in [-0.39, 0.29) is 5.82 Å². The molecule has 1 unspecified atom stereocenters. The number of hydrogen-bond donors (Lipinski definition) is 2. The molecule has 3 nitrogen and oxygen atoms in total. The average Bonchev–Trinajstić information content (AvgIpc) is 2.80. The van der Waals surface area contributed by atoms with Crippen LogP contribution in [0.1, 0.15) is 6.42 Å². The average molecular weight is 302 g/mol. The highest BCUT2D eigenvalue weighted by molar-refractivity contribution is 9.10. The van der Waals surface area contributed by atoms with Gasteiger partial charge in [0.25, 0.3) is 0 Å². The van der Waals surface area contributed by atoms with Crippen molar-refractivity contribution in [2.75, 3.05) is 36.9 Å². The lowest BCUT2D eigenvalue weighted by molar-refractivity contribution is 0.602. The number of rotatable bonds is 3. The SMILES string of the molecule is CNc1cc(F)c(Br)cc1N1CCC(CN)C1. The predicted octanol–water partition coefficient (Wildman–Crippen LogP) is 2.41. The van der Waals surface area contributed by atoms with E-state index in [4.69, 9.17) is 5.73 Å². The molecule has 0 aliphatic carbocycles. The lowest BCUT2D eigenvalue weighted by Crippen LogP contribution is -2.23. The maximum absolute atomic E-state index is 13.5. The van der Waals surface area contributed by atoms with Crippen LogP contribution in [0.25, 0.3) is 0 Å². The quantitative estimate of drug-likeness (QED) is 0.901. The molecule has 3 N–H and O–H groups in total. The summed E-state index contributed by atoms with van der Waals surface area (Å²) in [5, 5.41) is 3.04. The van der Waals surface area contributed by atoms with E-state index < -0.39 is 0 Å². The molecule has 0 spiro atoms. The number of nitrogens with two attached hydrogens (primary N) is 1. The van der Waals surface area contributed by atoms with E-state index in [0.29, 0.717) is 16.9 Å². The summed E-state index contributed by atoms with van der Waals surface area (Å²) in [7, 11) is 1.81. The van der Waals surface area contributed by atoms with Crippen molar-refractivity contribution < 1.29 is 4.39 Å². The van der Waals surface area contributed by atoms with Gasteiger partial charge in [0.1, 0.15) is 5.82 Å². The fourth-order valence-corrected chi connectivity index (χ4v) is 2.57. The van der Waals surface area contributed by atoms with Gasteiger partial charge in [-0.1, -0.05) is 0 Å². The highest BCUT2D eigenvalue weighted by Gasteiger charge is 2.23. The van der Waals surface area contributed by atoms with Crippen LogP contribution >= 0.6 is 15.9 Å². The van der Waals surface area contributed by atoms with E-state index in [1.54, 1.807) is 0 Å². The Balaban J connectivity index is 2.28. The zero-order valence-corrected chi connectivity index (χ0v) is 11.4. The van der Waals surface area contributed by atoms with Gasteiger partial charge in [0.05, 0.1) is 15.8 Å². The standard InChI is InChI=1S/C12H17BrFN3/c1-16-11-5-10(14)9(13)4-12(11)17-3-2-8(6-15)7-17/h4-5,8,16H,2-3,6-7,15H2,1H3. The molecule has 0 radical (unpaired) electrons. The molecule has 17 heavy (non-hydrogen) atoms. The molecule has 2 rings (SSSR count). The minimum atomic E-state index is -0.243. The van der Waals surface area contributed by atoms with Gasteiger partial charge in [-0.2, -0.15) is 0 Å². The highest BCUT2D eigenvalue weighted by Crippen LogP contribution is 2.34. The summed E-state index contributed by atoms with van der Waals surface area (Å²) in [4.78, 5) is 2.26. The van der Waals surface area contributed by atoms with Crippen molar-refractivity contribution in [2.45, 2.75) is 6.42 Å². The third kappa shape index (κ3) is 2.55. The van der Waals surface area contributed by atoms with Crippen molar-refractivity contribution >= 4 is 27.3 Å². The Morgan fingerprint density at radius 1 is 1.59 bits per heavy atom. The molecule has 0 bridgehead atoms. The molecule has 1 aromatic carbocycles. The molecule has 1 aromatic rings. The molecule has 5 heteroatoms. The number of benzene rings is 1. The fourth-order valence-electron chi connectivity index (χ4n) is 2.24. The van der Waals surface area contributed by atoms with Gasteiger partial charge in [-0.3, -0.25) is 0 Å². The molecule has 1 heterocycles. The second-order valence-corrected chi connectivity index (χ2v) is 5.22. The molecule has 0 saturated carbocycles. The van der Waals surface area contributed by atoms with Crippen LogP contribution in [0.3, 0.4) is 0 Å². The Morgan fingerprint density at radius 2 is 2.35 bits per heavy atom. The van der Waals surface area contributed by atoms with Crippen LogP contribution in [0.5, 0.6) is 0 Å². The van der Waals surface area contributed by atoms with E-state index in [1.165, 1.54) is 6.07 Å². The van der Waals surface area contributed by atoms with E-state index in [1.807, 2.05) is 13.1 Å². The summed E-state index contributed by atoms with van der Waals surface area (Å²) in [6.07, 6.45) is 1.11. The zero-order valence-electron chi connectivity index (χ0n) is 9.84. The Bertz CT molecular complexity index is 411. The normalized spacial score (nSPS) is 19.8. The number of anilines is 2. The van der Waals surface area contributed by atoms with E-state index >= 15 is 0 Å². The minimum absolute atomic E-state index is 0.243. The minimum Gasteiger partial charge on any atom is -0.386 e. The fraction of sp³-hybridized carbons (Fsp3) is 0.500. The van der Waals surface area contributed by atoms with Crippen LogP contribution in [0.4, 0.5) is 15.8 Å². The number of hydrogen-bond acceptors (Lipinski definition) is 3. The third-order valence-electron chi connectivity index (χ3n) is 3.27. The topological polar surface area (TPSA) is 41.3 Å². The van der Waals surface area contributed by atoms with Crippen molar-refractivity contribution in [3.63, 3.8) is 0 Å². The maximum Gasteiger partial charge on any atom is 0.139 e. The van der Waals surface area contributed by atoms with Crippen molar-refractivity contribution in [2.24, 2.45) is 11.7 Å². The van der Waals surface area contributed by atoms with Crippen LogP contribution in [0.2, 0.25) is 0 Å². The van der Waals surface area contributed by atoms with E-state index in [0.717, 1.165) is 30.9 Å².